The van der Waals surface area contributed by atoms with E-state index in [0.717, 1.165) is 15.0 Å². The first-order chi connectivity index (χ1) is 11.6. The Morgan fingerprint density at radius 2 is 2.12 bits per heavy atom. The first kappa shape index (κ1) is 15.7. The largest absolute Gasteiger partial charge is 0.276 e. The van der Waals surface area contributed by atoms with Crippen molar-refractivity contribution in [2.45, 2.75) is 18.0 Å². The average molecular weight is 426 g/mol. The molecule has 0 N–H and O–H groups in total. The number of nitrogens with zero attached hydrogens (tertiary/aromatic N) is 6. The second kappa shape index (κ2) is 6.23. The van der Waals surface area contributed by atoms with Crippen molar-refractivity contribution in [2.75, 3.05) is 4.90 Å². The van der Waals surface area contributed by atoms with Crippen LogP contribution in [0.25, 0.3) is 0 Å². The molecular formula is C14H10BrClN6OS. The lowest BCUT2D eigenvalue weighted by atomic mass is 9.94. The molecule has 2 aromatic heterocycles. The van der Waals surface area contributed by atoms with E-state index in [1.165, 1.54) is 17.7 Å². The van der Waals surface area contributed by atoms with Gasteiger partial charge in [-0.25, -0.2) is 9.67 Å². The minimum Gasteiger partial charge on any atom is -0.276 e. The smallest absolute Gasteiger partial charge is 0.250 e. The van der Waals surface area contributed by atoms with Gasteiger partial charge >= 0.3 is 0 Å². The highest BCUT2D eigenvalue weighted by atomic mass is 79.9. The molecule has 0 radical (unpaired) electrons. The summed E-state index contributed by atoms with van der Waals surface area (Å²) < 4.78 is 2.56. The third-order valence-corrected chi connectivity index (χ3v) is 5.73. The third kappa shape index (κ3) is 2.62. The second-order valence-corrected chi connectivity index (χ2v) is 7.51. The predicted octanol–water partition coefficient (Wildman–Crippen LogP) is 2.64. The van der Waals surface area contributed by atoms with E-state index < -0.39 is 5.38 Å². The fourth-order valence-electron chi connectivity index (χ4n) is 2.54. The standard InChI is InChI=1S/C14H10BrClN6OS/c15-9-4-2-1-3-8(9)12-11(16)13(23)22(12)14-20-19-10(24-14)5-21-7-17-6-18-21/h1-4,6-7,11-12H,5H2. The van der Waals surface area contributed by atoms with Gasteiger partial charge in [0.2, 0.25) is 11.0 Å². The monoisotopic (exact) mass is 424 g/mol. The van der Waals surface area contributed by atoms with Crippen molar-refractivity contribution >= 4 is 49.9 Å². The number of carbonyl (C=O) groups excluding carboxylic acids is 1. The Balaban J connectivity index is 1.62. The highest BCUT2D eigenvalue weighted by Gasteiger charge is 2.50. The van der Waals surface area contributed by atoms with Gasteiger partial charge in [-0.15, -0.1) is 21.8 Å². The van der Waals surface area contributed by atoms with Crippen LogP contribution in [0.2, 0.25) is 0 Å². The molecule has 3 heterocycles. The van der Waals surface area contributed by atoms with Crippen LogP contribution >= 0.6 is 38.9 Å². The summed E-state index contributed by atoms with van der Waals surface area (Å²) in [6, 6.07) is 7.45. The van der Waals surface area contributed by atoms with E-state index in [9.17, 15) is 4.79 Å². The molecule has 122 valence electrons. The number of benzene rings is 1. The van der Waals surface area contributed by atoms with Gasteiger partial charge in [0.25, 0.3) is 0 Å². The van der Waals surface area contributed by atoms with Gasteiger partial charge in [0.15, 0.2) is 0 Å². The molecule has 1 amide bonds. The number of halogens is 2. The quantitative estimate of drug-likeness (QED) is 0.474. The summed E-state index contributed by atoms with van der Waals surface area (Å²) in [7, 11) is 0. The lowest BCUT2D eigenvalue weighted by Crippen LogP contribution is -2.56. The third-order valence-electron chi connectivity index (χ3n) is 3.68. The summed E-state index contributed by atoms with van der Waals surface area (Å²) in [5.41, 5.74) is 0.949. The molecule has 2 atom stereocenters. The van der Waals surface area contributed by atoms with Gasteiger partial charge in [-0.2, -0.15) is 5.10 Å². The molecule has 0 spiro atoms. The van der Waals surface area contributed by atoms with Crippen LogP contribution in [0.1, 0.15) is 16.6 Å². The summed E-state index contributed by atoms with van der Waals surface area (Å²) in [4.78, 5) is 17.8. The lowest BCUT2D eigenvalue weighted by molar-refractivity contribution is -0.123. The maximum Gasteiger partial charge on any atom is 0.250 e. The van der Waals surface area contributed by atoms with Crippen LogP contribution in [0.5, 0.6) is 0 Å². The molecule has 0 aliphatic carbocycles. The summed E-state index contributed by atoms with van der Waals surface area (Å²) in [5.74, 6) is -0.166. The van der Waals surface area contributed by atoms with E-state index in [2.05, 4.69) is 36.2 Å². The van der Waals surface area contributed by atoms with Crippen molar-refractivity contribution in [3.8, 4) is 0 Å². The van der Waals surface area contributed by atoms with Crippen molar-refractivity contribution in [1.29, 1.82) is 0 Å². The van der Waals surface area contributed by atoms with Gasteiger partial charge in [-0.05, 0) is 11.6 Å². The van der Waals surface area contributed by atoms with E-state index >= 15 is 0 Å². The van der Waals surface area contributed by atoms with Crippen LogP contribution in [0, 0.1) is 0 Å². The van der Waals surface area contributed by atoms with E-state index in [1.54, 1.807) is 15.9 Å². The van der Waals surface area contributed by atoms with Crippen molar-refractivity contribution in [2.24, 2.45) is 0 Å². The Hall–Kier alpha value is -1.84. The van der Waals surface area contributed by atoms with Crippen molar-refractivity contribution in [3.63, 3.8) is 0 Å². The highest BCUT2D eigenvalue weighted by Crippen LogP contribution is 2.45. The summed E-state index contributed by atoms with van der Waals surface area (Å²) in [5, 5.41) is 13.0. The van der Waals surface area contributed by atoms with Gasteiger partial charge < -0.3 is 0 Å². The van der Waals surface area contributed by atoms with Gasteiger partial charge in [0.1, 0.15) is 23.0 Å². The highest BCUT2D eigenvalue weighted by molar-refractivity contribution is 9.10. The summed E-state index contributed by atoms with van der Waals surface area (Å²) in [6.45, 7) is 0.462. The number of aromatic nitrogens is 5. The van der Waals surface area contributed by atoms with E-state index in [-0.39, 0.29) is 11.9 Å². The molecule has 1 aliphatic heterocycles. The van der Waals surface area contributed by atoms with Crippen LogP contribution in [0.4, 0.5) is 5.13 Å². The minimum atomic E-state index is -0.605. The van der Waals surface area contributed by atoms with Gasteiger partial charge in [0, 0.05) is 4.47 Å². The second-order valence-electron chi connectivity index (χ2n) is 5.15. The Labute approximate surface area is 154 Å². The molecule has 0 bridgehead atoms. The molecule has 0 saturated carbocycles. The molecule has 24 heavy (non-hydrogen) atoms. The van der Waals surface area contributed by atoms with E-state index in [0.29, 0.717) is 11.7 Å². The van der Waals surface area contributed by atoms with Crippen LogP contribution in [-0.4, -0.2) is 36.2 Å². The van der Waals surface area contributed by atoms with Crippen molar-refractivity contribution in [3.05, 3.63) is 52.0 Å². The Bertz CT molecular complexity index is 885. The number of amides is 1. The lowest BCUT2D eigenvalue weighted by Gasteiger charge is -2.42. The molecular weight excluding hydrogens is 416 g/mol. The number of anilines is 1. The normalized spacial score (nSPS) is 20.2. The Morgan fingerprint density at radius 3 is 2.88 bits per heavy atom. The molecule has 7 nitrogen and oxygen atoms in total. The summed E-state index contributed by atoms with van der Waals surface area (Å²) in [6.07, 6.45) is 3.07. The summed E-state index contributed by atoms with van der Waals surface area (Å²) >= 11 is 11.1. The van der Waals surface area contributed by atoms with Crippen LogP contribution in [-0.2, 0) is 11.3 Å². The first-order valence-corrected chi connectivity index (χ1v) is 9.06. The number of hydrogen-bond acceptors (Lipinski definition) is 6. The fraction of sp³-hybridized carbons (Fsp3) is 0.214. The minimum absolute atomic E-state index is 0.166. The number of alkyl halides is 1. The number of carbonyl (C=O) groups is 1. The molecule has 2 unspecified atom stereocenters. The van der Waals surface area contributed by atoms with Crippen molar-refractivity contribution in [1.82, 2.24) is 25.0 Å². The predicted molar refractivity (Wildman–Crippen MR) is 93.0 cm³/mol. The van der Waals surface area contributed by atoms with Gasteiger partial charge in [-0.1, -0.05) is 45.5 Å². The molecule has 10 heteroatoms. The Kier molecular flexibility index (Phi) is 4.07. The topological polar surface area (TPSA) is 76.8 Å². The van der Waals surface area contributed by atoms with Crippen LogP contribution in [0.3, 0.4) is 0 Å². The van der Waals surface area contributed by atoms with E-state index in [4.69, 9.17) is 11.6 Å². The first-order valence-electron chi connectivity index (χ1n) is 7.01. The van der Waals surface area contributed by atoms with E-state index in [1.807, 2.05) is 24.3 Å². The number of β-lactam (4-membered cyclic amide) rings is 1. The van der Waals surface area contributed by atoms with Crippen LogP contribution in [0.15, 0.2) is 41.4 Å². The molecule has 1 saturated heterocycles. The number of hydrogen-bond donors (Lipinski definition) is 0. The average Bonchev–Trinajstić information content (AvgIpc) is 3.25. The Morgan fingerprint density at radius 1 is 1.29 bits per heavy atom. The van der Waals surface area contributed by atoms with Crippen molar-refractivity contribution < 1.29 is 4.79 Å². The van der Waals surface area contributed by atoms with Gasteiger partial charge in [0.05, 0.1) is 12.6 Å². The molecule has 1 aliphatic rings. The molecule has 1 fully saturated rings. The maximum absolute atomic E-state index is 12.3. The molecule has 4 rings (SSSR count). The zero-order valence-corrected chi connectivity index (χ0v) is 15.2. The van der Waals surface area contributed by atoms with Crippen LogP contribution < -0.4 is 4.90 Å². The number of rotatable bonds is 4. The SMILES string of the molecule is O=C1C(Cl)C(c2ccccc2Br)N1c1nnc(Cn2cncn2)s1. The fourth-order valence-corrected chi connectivity index (χ4v) is 4.28. The van der Waals surface area contributed by atoms with Gasteiger partial charge in [-0.3, -0.25) is 9.69 Å². The zero-order chi connectivity index (χ0) is 16.7. The molecule has 1 aromatic carbocycles. The maximum atomic E-state index is 12.3. The molecule has 3 aromatic rings. The zero-order valence-electron chi connectivity index (χ0n) is 12.1.